The predicted octanol–water partition coefficient (Wildman–Crippen LogP) is 3.63. The summed E-state index contributed by atoms with van der Waals surface area (Å²) < 4.78 is 14.7. The minimum absolute atomic E-state index is 0.163. The van der Waals surface area contributed by atoms with E-state index in [9.17, 15) is 9.18 Å². The molecular weight excluding hydrogens is 368 g/mol. The highest BCUT2D eigenvalue weighted by Crippen LogP contribution is 2.22. The van der Waals surface area contributed by atoms with Gasteiger partial charge in [-0.2, -0.15) is 0 Å². The number of hydrogen-bond acceptors (Lipinski definition) is 1. The van der Waals surface area contributed by atoms with E-state index in [1.54, 1.807) is 17.0 Å². The average molecular weight is 381 g/mol. The number of halogens is 2. The van der Waals surface area contributed by atoms with Crippen molar-refractivity contribution in [2.75, 3.05) is 6.54 Å². The van der Waals surface area contributed by atoms with Crippen molar-refractivity contribution in [3.63, 3.8) is 0 Å². The molecule has 0 spiro atoms. The van der Waals surface area contributed by atoms with Gasteiger partial charge in [-0.05, 0) is 58.3 Å². The number of carbonyl (C=O) groups excluding carboxylic acids is 1. The summed E-state index contributed by atoms with van der Waals surface area (Å²) in [4.78, 5) is 14.2. The van der Waals surface area contributed by atoms with Gasteiger partial charge in [0, 0.05) is 16.7 Å². The molecule has 1 aliphatic heterocycles. The summed E-state index contributed by atoms with van der Waals surface area (Å²) in [6.45, 7) is 1.20. The van der Waals surface area contributed by atoms with Gasteiger partial charge in [-0.3, -0.25) is 4.79 Å². The monoisotopic (exact) mass is 381 g/mol. The van der Waals surface area contributed by atoms with Gasteiger partial charge < -0.3 is 4.90 Å². The molecule has 102 valence electrons. The number of nitrogens with zero attached hydrogens (tertiary/aromatic N) is 1. The number of carbonyl (C=O) groups is 1. The van der Waals surface area contributed by atoms with E-state index in [4.69, 9.17) is 0 Å². The summed E-state index contributed by atoms with van der Waals surface area (Å²) in [5.74, 6) is -0.676. The van der Waals surface area contributed by atoms with Crippen LogP contribution in [-0.4, -0.2) is 17.4 Å². The minimum atomic E-state index is -0.450. The molecule has 0 saturated carbocycles. The third-order valence-electron chi connectivity index (χ3n) is 3.58. The van der Waals surface area contributed by atoms with Crippen molar-refractivity contribution in [3.8, 4) is 0 Å². The fraction of sp³-hybridized carbons (Fsp3) is 0.188. The molecule has 0 unspecified atom stereocenters. The third kappa shape index (κ3) is 2.57. The summed E-state index contributed by atoms with van der Waals surface area (Å²) in [5, 5.41) is 0. The Hall–Kier alpha value is -1.43. The Morgan fingerprint density at radius 1 is 1.15 bits per heavy atom. The number of benzene rings is 2. The van der Waals surface area contributed by atoms with Crippen LogP contribution >= 0.6 is 22.6 Å². The van der Waals surface area contributed by atoms with Crippen LogP contribution in [0.2, 0.25) is 0 Å². The van der Waals surface area contributed by atoms with E-state index in [0.717, 1.165) is 15.6 Å². The van der Waals surface area contributed by atoms with E-state index >= 15 is 0 Å². The zero-order chi connectivity index (χ0) is 14.1. The molecule has 0 aliphatic carbocycles. The highest BCUT2D eigenvalue weighted by atomic mass is 127. The van der Waals surface area contributed by atoms with Crippen LogP contribution < -0.4 is 0 Å². The van der Waals surface area contributed by atoms with Gasteiger partial charge in [0.05, 0.1) is 5.56 Å². The fourth-order valence-electron chi connectivity index (χ4n) is 2.50. The van der Waals surface area contributed by atoms with Crippen LogP contribution in [0.15, 0.2) is 42.5 Å². The quantitative estimate of drug-likeness (QED) is 0.691. The lowest BCUT2D eigenvalue weighted by atomic mass is 9.99. The second kappa shape index (κ2) is 5.52. The Bertz CT molecular complexity index is 671. The summed E-state index contributed by atoms with van der Waals surface area (Å²) in [6, 6.07) is 12.7. The maximum Gasteiger partial charge on any atom is 0.257 e. The summed E-state index contributed by atoms with van der Waals surface area (Å²) >= 11 is 2.09. The summed E-state index contributed by atoms with van der Waals surface area (Å²) in [6.07, 6.45) is 0.827. The second-order valence-corrected chi connectivity index (χ2v) is 6.12. The van der Waals surface area contributed by atoms with Crippen LogP contribution in [0.3, 0.4) is 0 Å². The molecule has 1 amide bonds. The Labute approximate surface area is 130 Å². The zero-order valence-corrected chi connectivity index (χ0v) is 12.9. The molecule has 20 heavy (non-hydrogen) atoms. The summed E-state index contributed by atoms with van der Waals surface area (Å²) in [5.41, 5.74) is 2.59. The normalized spacial score (nSPS) is 14.0. The Morgan fingerprint density at radius 3 is 2.70 bits per heavy atom. The van der Waals surface area contributed by atoms with Gasteiger partial charge in [0.25, 0.3) is 5.91 Å². The van der Waals surface area contributed by atoms with E-state index < -0.39 is 5.82 Å². The number of rotatable bonds is 1. The Morgan fingerprint density at radius 2 is 1.90 bits per heavy atom. The first-order valence-electron chi connectivity index (χ1n) is 6.46. The smallest absolute Gasteiger partial charge is 0.257 e. The number of hydrogen-bond donors (Lipinski definition) is 0. The van der Waals surface area contributed by atoms with Gasteiger partial charge in [0.15, 0.2) is 0 Å². The Kier molecular flexibility index (Phi) is 3.74. The van der Waals surface area contributed by atoms with Crippen LogP contribution in [0.1, 0.15) is 21.5 Å². The van der Waals surface area contributed by atoms with Crippen molar-refractivity contribution in [1.82, 2.24) is 4.90 Å². The van der Waals surface area contributed by atoms with Gasteiger partial charge in [-0.15, -0.1) is 0 Å². The highest BCUT2D eigenvalue weighted by Gasteiger charge is 2.23. The van der Waals surface area contributed by atoms with E-state index in [0.29, 0.717) is 13.1 Å². The van der Waals surface area contributed by atoms with E-state index in [2.05, 4.69) is 28.7 Å². The number of fused-ring (bicyclic) bond motifs is 1. The van der Waals surface area contributed by atoms with Crippen LogP contribution in [-0.2, 0) is 13.0 Å². The van der Waals surface area contributed by atoms with Crippen molar-refractivity contribution >= 4 is 28.5 Å². The predicted molar refractivity (Wildman–Crippen MR) is 84.0 cm³/mol. The molecule has 0 N–H and O–H groups in total. The molecule has 0 atom stereocenters. The van der Waals surface area contributed by atoms with E-state index in [-0.39, 0.29) is 11.5 Å². The van der Waals surface area contributed by atoms with Crippen LogP contribution in [0, 0.1) is 9.39 Å². The van der Waals surface area contributed by atoms with Crippen molar-refractivity contribution in [1.29, 1.82) is 0 Å². The lowest BCUT2D eigenvalue weighted by Gasteiger charge is -2.29. The molecule has 0 saturated heterocycles. The van der Waals surface area contributed by atoms with Gasteiger partial charge >= 0.3 is 0 Å². The van der Waals surface area contributed by atoms with Crippen molar-refractivity contribution in [2.45, 2.75) is 13.0 Å². The largest absolute Gasteiger partial charge is 0.334 e. The first kappa shape index (κ1) is 13.5. The van der Waals surface area contributed by atoms with Gasteiger partial charge in [0.2, 0.25) is 0 Å². The minimum Gasteiger partial charge on any atom is -0.334 e. The van der Waals surface area contributed by atoms with Crippen LogP contribution in [0.4, 0.5) is 4.39 Å². The maximum atomic E-state index is 13.8. The lowest BCUT2D eigenvalue weighted by molar-refractivity contribution is 0.0730. The second-order valence-electron chi connectivity index (χ2n) is 4.87. The molecule has 2 aromatic carbocycles. The molecule has 3 rings (SSSR count). The van der Waals surface area contributed by atoms with Crippen LogP contribution in [0.5, 0.6) is 0 Å². The molecule has 2 aromatic rings. The SMILES string of the molecule is O=C(c1cc(I)ccc1F)N1CCc2ccccc2C1. The zero-order valence-electron chi connectivity index (χ0n) is 10.8. The molecule has 0 bridgehead atoms. The fourth-order valence-corrected chi connectivity index (χ4v) is 2.99. The Balaban J connectivity index is 1.88. The standard InChI is InChI=1S/C16H13FINO/c17-15-6-5-13(18)9-14(15)16(20)19-8-7-11-3-1-2-4-12(11)10-19/h1-6,9H,7-8,10H2. The third-order valence-corrected chi connectivity index (χ3v) is 4.25. The van der Waals surface area contributed by atoms with Crippen LogP contribution in [0.25, 0.3) is 0 Å². The first-order chi connectivity index (χ1) is 9.65. The van der Waals surface area contributed by atoms with Gasteiger partial charge in [-0.1, -0.05) is 24.3 Å². The topological polar surface area (TPSA) is 20.3 Å². The average Bonchev–Trinajstić information content (AvgIpc) is 2.48. The molecule has 1 heterocycles. The summed E-state index contributed by atoms with van der Waals surface area (Å²) in [7, 11) is 0. The molecule has 4 heteroatoms. The van der Waals surface area contributed by atoms with Gasteiger partial charge in [0.1, 0.15) is 5.82 Å². The molecule has 0 radical (unpaired) electrons. The maximum absolute atomic E-state index is 13.8. The molecule has 1 aliphatic rings. The first-order valence-corrected chi connectivity index (χ1v) is 7.54. The lowest BCUT2D eigenvalue weighted by Crippen LogP contribution is -2.36. The number of amides is 1. The van der Waals surface area contributed by atoms with Crippen molar-refractivity contribution in [2.24, 2.45) is 0 Å². The van der Waals surface area contributed by atoms with Gasteiger partial charge in [-0.25, -0.2) is 4.39 Å². The van der Waals surface area contributed by atoms with E-state index in [1.165, 1.54) is 11.6 Å². The van der Waals surface area contributed by atoms with E-state index in [1.807, 2.05) is 18.2 Å². The molecule has 2 nitrogen and oxygen atoms in total. The molecule has 0 aromatic heterocycles. The highest BCUT2D eigenvalue weighted by molar-refractivity contribution is 14.1. The molecular formula is C16H13FINO. The van der Waals surface area contributed by atoms with Crippen molar-refractivity contribution < 1.29 is 9.18 Å². The molecule has 0 fully saturated rings. The van der Waals surface area contributed by atoms with Crippen molar-refractivity contribution in [3.05, 3.63) is 68.5 Å².